The molecule has 0 bridgehead atoms. The molecule has 0 fully saturated rings. The molecule has 3 rings (SSSR count). The summed E-state index contributed by atoms with van der Waals surface area (Å²) in [6.07, 6.45) is 3.92. The molecule has 1 N–H and O–H groups in total. The Bertz CT molecular complexity index is 636. The minimum atomic E-state index is 0.197. The average Bonchev–Trinajstić information content (AvgIpc) is 2.97. The first-order valence-electron chi connectivity index (χ1n) is 7.30. The molecule has 0 spiro atoms. The molecular weight excluding hydrogens is 266 g/mol. The standard InChI is InChI=1S/C16H21N3O2/c1-4-11-10-18-19-14(7-8-17-16(11)19)13-6-5-12(20-2)9-15(13)21-3/h5-6,9-10,14,17H,4,7-8H2,1-3H3. The van der Waals surface area contributed by atoms with E-state index in [0.29, 0.717) is 0 Å². The molecule has 112 valence electrons. The second-order valence-electron chi connectivity index (χ2n) is 5.16. The quantitative estimate of drug-likeness (QED) is 0.939. The molecular formula is C16H21N3O2. The highest BCUT2D eigenvalue weighted by atomic mass is 16.5. The minimum absolute atomic E-state index is 0.197. The average molecular weight is 287 g/mol. The monoisotopic (exact) mass is 287 g/mol. The first-order valence-corrected chi connectivity index (χ1v) is 7.30. The van der Waals surface area contributed by atoms with E-state index in [2.05, 4.69) is 28.1 Å². The molecule has 1 unspecified atom stereocenters. The van der Waals surface area contributed by atoms with Crippen LogP contribution in [-0.2, 0) is 6.42 Å². The first-order chi connectivity index (χ1) is 10.3. The molecule has 21 heavy (non-hydrogen) atoms. The van der Waals surface area contributed by atoms with E-state index in [0.717, 1.165) is 42.3 Å². The molecule has 5 heteroatoms. The lowest BCUT2D eigenvalue weighted by molar-refractivity contribution is 0.379. The lowest BCUT2D eigenvalue weighted by atomic mass is 10.0. The third-order valence-corrected chi connectivity index (χ3v) is 4.06. The second kappa shape index (κ2) is 5.68. The fourth-order valence-electron chi connectivity index (χ4n) is 2.92. The zero-order valence-electron chi connectivity index (χ0n) is 12.7. The number of aryl methyl sites for hydroxylation is 1. The van der Waals surface area contributed by atoms with Gasteiger partial charge in [0.2, 0.25) is 0 Å². The van der Waals surface area contributed by atoms with Gasteiger partial charge in [-0.2, -0.15) is 5.10 Å². The van der Waals surface area contributed by atoms with Gasteiger partial charge in [0.05, 0.1) is 26.5 Å². The topological polar surface area (TPSA) is 48.3 Å². The van der Waals surface area contributed by atoms with Crippen LogP contribution in [0.5, 0.6) is 11.5 Å². The van der Waals surface area contributed by atoms with Crippen molar-refractivity contribution in [3.05, 3.63) is 35.5 Å². The van der Waals surface area contributed by atoms with Crippen LogP contribution in [0.3, 0.4) is 0 Å². The van der Waals surface area contributed by atoms with Crippen molar-refractivity contribution >= 4 is 5.82 Å². The van der Waals surface area contributed by atoms with E-state index in [1.54, 1.807) is 14.2 Å². The molecule has 2 heterocycles. The second-order valence-corrected chi connectivity index (χ2v) is 5.16. The van der Waals surface area contributed by atoms with Gasteiger partial charge in [0.1, 0.15) is 17.3 Å². The van der Waals surface area contributed by atoms with E-state index < -0.39 is 0 Å². The number of hydrogen-bond donors (Lipinski definition) is 1. The Kier molecular flexibility index (Phi) is 3.73. The van der Waals surface area contributed by atoms with Gasteiger partial charge in [-0.15, -0.1) is 0 Å². The van der Waals surface area contributed by atoms with Crippen molar-refractivity contribution in [2.24, 2.45) is 0 Å². The molecule has 0 amide bonds. The van der Waals surface area contributed by atoms with Crippen molar-refractivity contribution in [3.8, 4) is 11.5 Å². The van der Waals surface area contributed by atoms with Crippen molar-refractivity contribution in [2.45, 2.75) is 25.8 Å². The van der Waals surface area contributed by atoms with Crippen molar-refractivity contribution in [1.29, 1.82) is 0 Å². The Labute approximate surface area is 124 Å². The van der Waals surface area contributed by atoms with Crippen molar-refractivity contribution in [3.63, 3.8) is 0 Å². The Morgan fingerprint density at radius 3 is 2.90 bits per heavy atom. The molecule has 1 aromatic heterocycles. The first kappa shape index (κ1) is 13.8. The van der Waals surface area contributed by atoms with Crippen molar-refractivity contribution in [2.75, 3.05) is 26.1 Å². The van der Waals surface area contributed by atoms with Gasteiger partial charge < -0.3 is 14.8 Å². The van der Waals surface area contributed by atoms with Crippen LogP contribution in [0.15, 0.2) is 24.4 Å². The van der Waals surface area contributed by atoms with Gasteiger partial charge in [-0.25, -0.2) is 4.68 Å². The maximum atomic E-state index is 5.55. The molecule has 1 aromatic carbocycles. The van der Waals surface area contributed by atoms with E-state index in [1.165, 1.54) is 5.56 Å². The lowest BCUT2D eigenvalue weighted by Gasteiger charge is -2.28. The van der Waals surface area contributed by atoms with Crippen molar-refractivity contribution in [1.82, 2.24) is 9.78 Å². The fraction of sp³-hybridized carbons (Fsp3) is 0.438. The van der Waals surface area contributed by atoms with Crippen molar-refractivity contribution < 1.29 is 9.47 Å². The van der Waals surface area contributed by atoms with E-state index in [1.807, 2.05) is 18.3 Å². The number of nitrogens with zero attached hydrogens (tertiary/aromatic N) is 2. The number of fused-ring (bicyclic) bond motifs is 1. The van der Waals surface area contributed by atoms with Crippen LogP contribution in [0.25, 0.3) is 0 Å². The fourth-order valence-corrected chi connectivity index (χ4v) is 2.92. The predicted octanol–water partition coefficient (Wildman–Crippen LogP) is 2.87. The summed E-state index contributed by atoms with van der Waals surface area (Å²) in [6.45, 7) is 3.09. The summed E-state index contributed by atoms with van der Waals surface area (Å²) < 4.78 is 12.9. The van der Waals surface area contributed by atoms with E-state index in [-0.39, 0.29) is 6.04 Å². The van der Waals surface area contributed by atoms with Crippen LogP contribution in [0.2, 0.25) is 0 Å². The molecule has 0 aliphatic carbocycles. The van der Waals surface area contributed by atoms with E-state index in [9.17, 15) is 0 Å². The number of rotatable bonds is 4. The molecule has 1 atom stereocenters. The SMILES string of the molecule is CCc1cnn2c1NCCC2c1ccc(OC)cc1OC. The van der Waals surface area contributed by atoms with Gasteiger partial charge in [-0.3, -0.25) is 0 Å². The Morgan fingerprint density at radius 2 is 2.19 bits per heavy atom. The van der Waals surface area contributed by atoms with E-state index in [4.69, 9.17) is 9.47 Å². The summed E-state index contributed by atoms with van der Waals surface area (Å²) in [6, 6.07) is 6.18. The maximum absolute atomic E-state index is 5.55. The number of ether oxygens (including phenoxy) is 2. The lowest BCUT2D eigenvalue weighted by Crippen LogP contribution is -2.25. The Balaban J connectivity index is 2.04. The van der Waals surface area contributed by atoms with Crippen LogP contribution in [0, 0.1) is 0 Å². The van der Waals surface area contributed by atoms with Gasteiger partial charge in [-0.05, 0) is 25.0 Å². The molecule has 2 aromatic rings. The molecule has 1 aliphatic heterocycles. The highest BCUT2D eigenvalue weighted by Gasteiger charge is 2.26. The highest BCUT2D eigenvalue weighted by Crippen LogP contribution is 2.37. The Hall–Kier alpha value is -2.17. The number of aromatic nitrogens is 2. The third-order valence-electron chi connectivity index (χ3n) is 4.06. The smallest absolute Gasteiger partial charge is 0.128 e. The van der Waals surface area contributed by atoms with Gasteiger partial charge in [0.25, 0.3) is 0 Å². The molecule has 0 saturated carbocycles. The van der Waals surface area contributed by atoms with Crippen LogP contribution in [-0.4, -0.2) is 30.5 Å². The Morgan fingerprint density at radius 1 is 1.33 bits per heavy atom. The van der Waals surface area contributed by atoms with Gasteiger partial charge in [0, 0.05) is 23.7 Å². The number of hydrogen-bond acceptors (Lipinski definition) is 4. The summed E-state index contributed by atoms with van der Waals surface area (Å²) in [4.78, 5) is 0. The van der Waals surface area contributed by atoms with E-state index >= 15 is 0 Å². The third kappa shape index (κ3) is 2.33. The summed E-state index contributed by atoms with van der Waals surface area (Å²) >= 11 is 0. The molecule has 5 nitrogen and oxygen atoms in total. The van der Waals surface area contributed by atoms with Gasteiger partial charge in [-0.1, -0.05) is 6.92 Å². The number of benzene rings is 1. The largest absolute Gasteiger partial charge is 0.497 e. The zero-order chi connectivity index (χ0) is 14.8. The summed E-state index contributed by atoms with van der Waals surface area (Å²) in [5.74, 6) is 2.78. The molecule has 0 radical (unpaired) electrons. The van der Waals surface area contributed by atoms with Gasteiger partial charge in [0.15, 0.2) is 0 Å². The molecule has 1 aliphatic rings. The highest BCUT2D eigenvalue weighted by molar-refractivity contribution is 5.49. The molecule has 0 saturated heterocycles. The number of methoxy groups -OCH3 is 2. The van der Waals surface area contributed by atoms with Crippen LogP contribution < -0.4 is 14.8 Å². The normalized spacial score (nSPS) is 17.0. The summed E-state index contributed by atoms with van der Waals surface area (Å²) in [7, 11) is 3.36. The zero-order valence-corrected chi connectivity index (χ0v) is 12.7. The van der Waals surface area contributed by atoms with Crippen LogP contribution in [0.1, 0.15) is 30.5 Å². The number of nitrogens with one attached hydrogen (secondary N) is 1. The summed E-state index contributed by atoms with van der Waals surface area (Å²) in [5.41, 5.74) is 2.40. The number of anilines is 1. The van der Waals surface area contributed by atoms with Crippen LogP contribution in [0.4, 0.5) is 5.82 Å². The maximum Gasteiger partial charge on any atom is 0.128 e. The van der Waals surface area contributed by atoms with Crippen LogP contribution >= 0.6 is 0 Å². The minimum Gasteiger partial charge on any atom is -0.497 e. The summed E-state index contributed by atoms with van der Waals surface area (Å²) in [5, 5.41) is 8.03. The predicted molar refractivity (Wildman–Crippen MR) is 82.4 cm³/mol. The van der Waals surface area contributed by atoms with Gasteiger partial charge >= 0.3 is 0 Å².